The molecular weight excluding hydrogens is 463 g/mol. The van der Waals surface area contributed by atoms with Gasteiger partial charge in [0, 0.05) is 25.6 Å². The van der Waals surface area contributed by atoms with E-state index >= 15 is 0 Å². The molecule has 0 aromatic heterocycles. The first kappa shape index (κ1) is 20.4. The normalized spacial score (nSPS) is 10.6. The summed E-state index contributed by atoms with van der Waals surface area (Å²) in [6.07, 6.45) is -0.744. The lowest BCUT2D eigenvalue weighted by Crippen LogP contribution is -2.41. The highest BCUT2D eigenvalue weighted by Gasteiger charge is 2.19. The summed E-state index contributed by atoms with van der Waals surface area (Å²) in [6.45, 7) is 0. The van der Waals surface area contributed by atoms with E-state index in [9.17, 15) is 9.59 Å². The lowest BCUT2D eigenvalue weighted by molar-refractivity contribution is 0.0883. The number of halogens is 3. The van der Waals surface area contributed by atoms with Crippen LogP contribution in [0.5, 0.6) is 0 Å². The van der Waals surface area contributed by atoms with Gasteiger partial charge in [-0.25, -0.2) is 0 Å². The summed E-state index contributed by atoms with van der Waals surface area (Å²) in [5.41, 5.74) is 1.51. The SMILES string of the molecule is O=C(NC(NC(=O)c1cccc(Cl)c1)c1ccc(Br)cc1)c1cccc(Cl)c1. The Hall–Kier alpha value is -2.34. The molecule has 142 valence electrons. The quantitative estimate of drug-likeness (QED) is 0.469. The second-order valence-corrected chi connectivity index (χ2v) is 7.74. The van der Waals surface area contributed by atoms with Gasteiger partial charge >= 0.3 is 0 Å². The van der Waals surface area contributed by atoms with Crippen molar-refractivity contribution in [2.75, 3.05) is 0 Å². The van der Waals surface area contributed by atoms with E-state index in [0.29, 0.717) is 26.7 Å². The van der Waals surface area contributed by atoms with Gasteiger partial charge in [0.05, 0.1) is 0 Å². The van der Waals surface area contributed by atoms with E-state index < -0.39 is 6.17 Å². The molecule has 4 nitrogen and oxygen atoms in total. The maximum atomic E-state index is 12.7. The van der Waals surface area contributed by atoms with Gasteiger partial charge in [0.15, 0.2) is 0 Å². The highest BCUT2D eigenvalue weighted by atomic mass is 79.9. The van der Waals surface area contributed by atoms with Crippen molar-refractivity contribution in [1.29, 1.82) is 0 Å². The van der Waals surface area contributed by atoms with E-state index in [1.807, 2.05) is 24.3 Å². The van der Waals surface area contributed by atoms with Crippen LogP contribution in [0.25, 0.3) is 0 Å². The Balaban J connectivity index is 1.85. The minimum atomic E-state index is -0.744. The predicted octanol–water partition coefficient (Wildman–Crippen LogP) is 5.61. The molecular formula is C21H15BrCl2N2O2. The number of benzene rings is 3. The van der Waals surface area contributed by atoms with Crippen LogP contribution in [0.2, 0.25) is 10.0 Å². The van der Waals surface area contributed by atoms with Crippen molar-refractivity contribution < 1.29 is 9.59 Å². The number of carbonyl (C=O) groups is 2. The van der Waals surface area contributed by atoms with Crippen molar-refractivity contribution in [3.63, 3.8) is 0 Å². The molecule has 2 amide bonds. The smallest absolute Gasteiger partial charge is 0.253 e. The monoisotopic (exact) mass is 476 g/mol. The number of hydrogen-bond donors (Lipinski definition) is 2. The Morgan fingerprint density at radius 1 is 0.750 bits per heavy atom. The predicted molar refractivity (Wildman–Crippen MR) is 115 cm³/mol. The van der Waals surface area contributed by atoms with Crippen LogP contribution in [-0.2, 0) is 0 Å². The summed E-state index contributed by atoms with van der Waals surface area (Å²) in [6, 6.07) is 20.5. The zero-order chi connectivity index (χ0) is 20.1. The summed E-state index contributed by atoms with van der Waals surface area (Å²) in [5, 5.41) is 6.58. The Kier molecular flexibility index (Phi) is 6.73. The number of amides is 2. The molecule has 0 saturated heterocycles. The van der Waals surface area contributed by atoms with Gasteiger partial charge in [0.1, 0.15) is 6.17 Å². The second-order valence-electron chi connectivity index (χ2n) is 5.95. The van der Waals surface area contributed by atoms with Crippen LogP contribution in [-0.4, -0.2) is 11.8 Å². The number of rotatable bonds is 5. The molecule has 0 radical (unpaired) electrons. The average Bonchev–Trinajstić information content (AvgIpc) is 2.68. The van der Waals surface area contributed by atoms with E-state index in [2.05, 4.69) is 26.6 Å². The van der Waals surface area contributed by atoms with Crippen molar-refractivity contribution in [1.82, 2.24) is 10.6 Å². The molecule has 0 bridgehead atoms. The van der Waals surface area contributed by atoms with Gasteiger partial charge < -0.3 is 10.6 Å². The van der Waals surface area contributed by atoms with Crippen molar-refractivity contribution >= 4 is 50.9 Å². The zero-order valence-electron chi connectivity index (χ0n) is 14.5. The highest BCUT2D eigenvalue weighted by Crippen LogP contribution is 2.18. The van der Waals surface area contributed by atoms with Crippen LogP contribution in [0.15, 0.2) is 77.3 Å². The first-order chi connectivity index (χ1) is 13.4. The van der Waals surface area contributed by atoms with Crippen LogP contribution in [0, 0.1) is 0 Å². The third kappa shape index (κ3) is 5.35. The molecule has 7 heteroatoms. The average molecular weight is 478 g/mol. The lowest BCUT2D eigenvalue weighted by Gasteiger charge is -2.21. The maximum absolute atomic E-state index is 12.7. The second kappa shape index (κ2) is 9.24. The molecule has 0 aliphatic carbocycles. The van der Waals surface area contributed by atoms with Crippen molar-refractivity contribution in [2.45, 2.75) is 6.17 Å². The molecule has 0 aliphatic heterocycles. The first-order valence-electron chi connectivity index (χ1n) is 8.31. The third-order valence-corrected chi connectivity index (χ3v) is 4.93. The van der Waals surface area contributed by atoms with Crippen molar-refractivity contribution in [3.8, 4) is 0 Å². The lowest BCUT2D eigenvalue weighted by atomic mass is 10.1. The van der Waals surface area contributed by atoms with Crippen LogP contribution in [0.3, 0.4) is 0 Å². The van der Waals surface area contributed by atoms with E-state index in [-0.39, 0.29) is 11.8 Å². The molecule has 3 aromatic rings. The first-order valence-corrected chi connectivity index (χ1v) is 9.85. The van der Waals surface area contributed by atoms with Gasteiger partial charge in [0.25, 0.3) is 11.8 Å². The molecule has 0 fully saturated rings. The van der Waals surface area contributed by atoms with Gasteiger partial charge in [0.2, 0.25) is 0 Å². The molecule has 0 aliphatic rings. The van der Waals surface area contributed by atoms with Crippen molar-refractivity contribution in [2.24, 2.45) is 0 Å². The third-order valence-electron chi connectivity index (χ3n) is 3.93. The Morgan fingerprint density at radius 2 is 1.21 bits per heavy atom. The Bertz CT molecular complexity index is 950. The molecule has 0 unspecified atom stereocenters. The van der Waals surface area contributed by atoms with Crippen LogP contribution < -0.4 is 10.6 Å². The van der Waals surface area contributed by atoms with Gasteiger partial charge in [-0.15, -0.1) is 0 Å². The molecule has 0 heterocycles. The maximum Gasteiger partial charge on any atom is 0.253 e. The number of carbonyl (C=O) groups excluding carboxylic acids is 2. The fourth-order valence-electron chi connectivity index (χ4n) is 2.55. The Morgan fingerprint density at radius 3 is 1.64 bits per heavy atom. The molecule has 28 heavy (non-hydrogen) atoms. The van der Waals surface area contributed by atoms with Crippen LogP contribution in [0.4, 0.5) is 0 Å². The van der Waals surface area contributed by atoms with Gasteiger partial charge in [-0.3, -0.25) is 9.59 Å². The number of nitrogens with one attached hydrogen (secondary N) is 2. The molecule has 3 rings (SSSR count). The van der Waals surface area contributed by atoms with E-state index in [0.717, 1.165) is 4.47 Å². The van der Waals surface area contributed by atoms with E-state index in [1.165, 1.54) is 0 Å². The minimum absolute atomic E-state index is 0.359. The van der Waals surface area contributed by atoms with Crippen LogP contribution >= 0.6 is 39.1 Å². The molecule has 2 N–H and O–H groups in total. The molecule has 0 atom stereocenters. The molecule has 0 spiro atoms. The van der Waals surface area contributed by atoms with Crippen LogP contribution in [0.1, 0.15) is 32.4 Å². The topological polar surface area (TPSA) is 58.2 Å². The molecule has 3 aromatic carbocycles. The van der Waals surface area contributed by atoms with E-state index in [1.54, 1.807) is 48.5 Å². The summed E-state index contributed by atoms with van der Waals surface area (Å²) in [7, 11) is 0. The van der Waals surface area contributed by atoms with Gasteiger partial charge in [-0.2, -0.15) is 0 Å². The standard InChI is InChI=1S/C21H15BrCl2N2O2/c22-16-9-7-13(8-10-16)19(25-20(27)14-3-1-5-17(23)11-14)26-21(28)15-4-2-6-18(24)12-15/h1-12,19H,(H,25,27)(H,26,28). The minimum Gasteiger partial charge on any atom is -0.328 e. The molecule has 0 saturated carbocycles. The Labute approximate surface area is 181 Å². The fraction of sp³-hybridized carbons (Fsp3) is 0.0476. The summed E-state index contributed by atoms with van der Waals surface area (Å²) in [4.78, 5) is 25.3. The summed E-state index contributed by atoms with van der Waals surface area (Å²) >= 11 is 15.3. The van der Waals surface area contributed by atoms with Crippen molar-refractivity contribution in [3.05, 3.63) is 104 Å². The van der Waals surface area contributed by atoms with Gasteiger partial charge in [-0.1, -0.05) is 63.4 Å². The summed E-state index contributed by atoms with van der Waals surface area (Å²) in [5.74, 6) is -0.719. The largest absolute Gasteiger partial charge is 0.328 e. The van der Waals surface area contributed by atoms with E-state index in [4.69, 9.17) is 23.2 Å². The van der Waals surface area contributed by atoms with Gasteiger partial charge in [-0.05, 0) is 54.1 Å². The zero-order valence-corrected chi connectivity index (χ0v) is 17.6. The highest BCUT2D eigenvalue weighted by molar-refractivity contribution is 9.10. The number of hydrogen-bond acceptors (Lipinski definition) is 2. The summed E-state index contributed by atoms with van der Waals surface area (Å²) < 4.78 is 0.886. The fourth-order valence-corrected chi connectivity index (χ4v) is 3.19.